The summed E-state index contributed by atoms with van der Waals surface area (Å²) < 4.78 is 37.1. The monoisotopic (exact) mass is 305 g/mol. The standard InChI is InChI=1S/C12H16ClNO4S/c13-10-3-1-4-11(9-10)19(15,16)14-6-5-12-17-7-2-8-18-12/h1,3-4,9,12,14H,2,5-8H2. The fourth-order valence-electron chi connectivity index (χ4n) is 1.73. The van der Waals surface area contributed by atoms with E-state index in [4.69, 9.17) is 21.1 Å². The van der Waals surface area contributed by atoms with Crippen LogP contribution in [0.25, 0.3) is 0 Å². The molecule has 1 N–H and O–H groups in total. The summed E-state index contributed by atoms with van der Waals surface area (Å²) in [5.74, 6) is 0. The molecule has 0 aliphatic carbocycles. The van der Waals surface area contributed by atoms with Gasteiger partial charge >= 0.3 is 0 Å². The molecule has 1 aliphatic rings. The fraction of sp³-hybridized carbons (Fsp3) is 0.500. The SMILES string of the molecule is O=S(=O)(NCCC1OCCCO1)c1cccc(Cl)c1. The minimum atomic E-state index is -3.53. The predicted octanol–water partition coefficient (Wildman–Crippen LogP) is 1.77. The number of hydrogen-bond donors (Lipinski definition) is 1. The van der Waals surface area contributed by atoms with Crippen LogP contribution in [-0.4, -0.2) is 34.5 Å². The van der Waals surface area contributed by atoms with Gasteiger partial charge in [0.05, 0.1) is 18.1 Å². The summed E-state index contributed by atoms with van der Waals surface area (Å²) in [6, 6.07) is 6.15. The molecule has 1 heterocycles. The maximum Gasteiger partial charge on any atom is 0.240 e. The Morgan fingerprint density at radius 1 is 1.32 bits per heavy atom. The van der Waals surface area contributed by atoms with E-state index in [0.717, 1.165) is 6.42 Å². The molecule has 0 bridgehead atoms. The van der Waals surface area contributed by atoms with Crippen LogP contribution < -0.4 is 4.72 Å². The van der Waals surface area contributed by atoms with Gasteiger partial charge in [0, 0.05) is 18.0 Å². The minimum Gasteiger partial charge on any atom is -0.353 e. The van der Waals surface area contributed by atoms with Crippen LogP contribution in [0.4, 0.5) is 0 Å². The van der Waals surface area contributed by atoms with E-state index >= 15 is 0 Å². The molecule has 0 amide bonds. The van der Waals surface area contributed by atoms with Gasteiger partial charge in [0.15, 0.2) is 6.29 Å². The Morgan fingerprint density at radius 2 is 2.05 bits per heavy atom. The number of hydrogen-bond acceptors (Lipinski definition) is 4. The summed E-state index contributed by atoms with van der Waals surface area (Å²) in [5.41, 5.74) is 0. The van der Waals surface area contributed by atoms with Gasteiger partial charge in [-0.1, -0.05) is 17.7 Å². The zero-order valence-electron chi connectivity index (χ0n) is 10.3. The van der Waals surface area contributed by atoms with Gasteiger partial charge in [-0.05, 0) is 24.6 Å². The van der Waals surface area contributed by atoms with Crippen molar-refractivity contribution < 1.29 is 17.9 Å². The van der Waals surface area contributed by atoms with E-state index in [1.165, 1.54) is 12.1 Å². The van der Waals surface area contributed by atoms with Crippen molar-refractivity contribution in [1.82, 2.24) is 4.72 Å². The summed E-state index contributed by atoms with van der Waals surface area (Å²) in [7, 11) is -3.53. The van der Waals surface area contributed by atoms with E-state index in [-0.39, 0.29) is 17.7 Å². The highest BCUT2D eigenvalue weighted by Gasteiger charge is 2.17. The van der Waals surface area contributed by atoms with Gasteiger partial charge in [-0.2, -0.15) is 0 Å². The topological polar surface area (TPSA) is 64.6 Å². The van der Waals surface area contributed by atoms with Gasteiger partial charge < -0.3 is 9.47 Å². The highest BCUT2D eigenvalue weighted by Crippen LogP contribution is 2.15. The van der Waals surface area contributed by atoms with Crippen molar-refractivity contribution in [2.24, 2.45) is 0 Å². The summed E-state index contributed by atoms with van der Waals surface area (Å²) in [5, 5.41) is 0.391. The van der Waals surface area contributed by atoms with Crippen molar-refractivity contribution in [3.05, 3.63) is 29.3 Å². The lowest BCUT2D eigenvalue weighted by Crippen LogP contribution is -2.31. The largest absolute Gasteiger partial charge is 0.353 e. The molecule has 5 nitrogen and oxygen atoms in total. The number of rotatable bonds is 5. The first-order chi connectivity index (χ1) is 9.08. The molecular formula is C12H16ClNO4S. The number of sulfonamides is 1. The molecular weight excluding hydrogens is 290 g/mol. The van der Waals surface area contributed by atoms with E-state index in [9.17, 15) is 8.42 Å². The lowest BCUT2D eigenvalue weighted by atomic mass is 10.4. The molecule has 1 aromatic rings. The van der Waals surface area contributed by atoms with E-state index in [0.29, 0.717) is 24.7 Å². The average Bonchev–Trinajstić information content (AvgIpc) is 2.40. The third-order valence-electron chi connectivity index (χ3n) is 2.67. The van der Waals surface area contributed by atoms with Crippen LogP contribution in [0.15, 0.2) is 29.2 Å². The summed E-state index contributed by atoms with van der Waals surface area (Å²) >= 11 is 5.77. The van der Waals surface area contributed by atoms with Crippen LogP contribution >= 0.6 is 11.6 Å². The molecule has 0 spiro atoms. The molecule has 19 heavy (non-hydrogen) atoms. The van der Waals surface area contributed by atoms with Crippen molar-refractivity contribution in [2.75, 3.05) is 19.8 Å². The first-order valence-corrected chi connectivity index (χ1v) is 7.92. The molecule has 7 heteroatoms. The van der Waals surface area contributed by atoms with Gasteiger partial charge in [-0.25, -0.2) is 13.1 Å². The van der Waals surface area contributed by atoms with E-state index in [1.807, 2.05) is 0 Å². The lowest BCUT2D eigenvalue weighted by Gasteiger charge is -2.23. The van der Waals surface area contributed by atoms with Crippen LogP contribution in [0.5, 0.6) is 0 Å². The third kappa shape index (κ3) is 4.43. The third-order valence-corrected chi connectivity index (χ3v) is 4.37. The second-order valence-corrected chi connectivity index (χ2v) is 6.37. The molecule has 1 saturated heterocycles. The molecule has 1 aliphatic heterocycles. The highest BCUT2D eigenvalue weighted by atomic mass is 35.5. The van der Waals surface area contributed by atoms with Gasteiger partial charge in [-0.3, -0.25) is 0 Å². The lowest BCUT2D eigenvalue weighted by molar-refractivity contribution is -0.180. The van der Waals surface area contributed by atoms with Gasteiger partial charge in [-0.15, -0.1) is 0 Å². The Morgan fingerprint density at radius 3 is 2.74 bits per heavy atom. The van der Waals surface area contributed by atoms with E-state index in [2.05, 4.69) is 4.72 Å². The van der Waals surface area contributed by atoms with Crippen LogP contribution in [0.1, 0.15) is 12.8 Å². The number of benzene rings is 1. The molecule has 1 fully saturated rings. The smallest absolute Gasteiger partial charge is 0.240 e. The second kappa shape index (κ2) is 6.67. The Kier molecular flexibility index (Phi) is 5.18. The number of nitrogens with one attached hydrogen (secondary N) is 1. The summed E-state index contributed by atoms with van der Waals surface area (Å²) in [6.45, 7) is 1.58. The van der Waals surface area contributed by atoms with E-state index < -0.39 is 10.0 Å². The first kappa shape index (κ1) is 14.7. The summed E-state index contributed by atoms with van der Waals surface area (Å²) in [6.07, 6.45) is 1.04. The van der Waals surface area contributed by atoms with Crippen molar-refractivity contribution in [2.45, 2.75) is 24.0 Å². The Balaban J connectivity index is 1.87. The zero-order chi connectivity index (χ0) is 13.7. The second-order valence-electron chi connectivity index (χ2n) is 4.17. The van der Waals surface area contributed by atoms with Crippen LogP contribution in [-0.2, 0) is 19.5 Å². The number of halogens is 1. The average molecular weight is 306 g/mol. The molecule has 0 atom stereocenters. The minimum absolute atomic E-state index is 0.158. The van der Waals surface area contributed by atoms with Crippen molar-refractivity contribution in [3.8, 4) is 0 Å². The van der Waals surface area contributed by atoms with Gasteiger partial charge in [0.2, 0.25) is 10.0 Å². The molecule has 0 radical (unpaired) electrons. The molecule has 1 aromatic carbocycles. The first-order valence-electron chi connectivity index (χ1n) is 6.06. The molecule has 0 aromatic heterocycles. The van der Waals surface area contributed by atoms with Crippen LogP contribution in [0.2, 0.25) is 5.02 Å². The number of ether oxygens (including phenoxy) is 2. The molecule has 0 unspecified atom stereocenters. The maximum atomic E-state index is 12.0. The normalized spacial score (nSPS) is 17.5. The molecule has 2 rings (SSSR count). The quantitative estimate of drug-likeness (QED) is 0.900. The van der Waals surface area contributed by atoms with Gasteiger partial charge in [0.1, 0.15) is 0 Å². The fourth-order valence-corrected chi connectivity index (χ4v) is 3.08. The van der Waals surface area contributed by atoms with Crippen molar-refractivity contribution in [3.63, 3.8) is 0 Å². The Hall–Kier alpha value is -0.660. The Labute approximate surface area is 117 Å². The Bertz CT molecular complexity index is 514. The molecule has 106 valence electrons. The zero-order valence-corrected chi connectivity index (χ0v) is 11.9. The maximum absolute atomic E-state index is 12.0. The van der Waals surface area contributed by atoms with Crippen LogP contribution in [0, 0.1) is 0 Å². The summed E-state index contributed by atoms with van der Waals surface area (Å²) in [4.78, 5) is 0.158. The molecule has 0 saturated carbocycles. The van der Waals surface area contributed by atoms with Crippen molar-refractivity contribution >= 4 is 21.6 Å². The highest BCUT2D eigenvalue weighted by molar-refractivity contribution is 7.89. The van der Waals surface area contributed by atoms with Crippen molar-refractivity contribution in [1.29, 1.82) is 0 Å². The van der Waals surface area contributed by atoms with Crippen LogP contribution in [0.3, 0.4) is 0 Å². The van der Waals surface area contributed by atoms with E-state index in [1.54, 1.807) is 12.1 Å². The predicted molar refractivity (Wildman–Crippen MR) is 71.6 cm³/mol. The van der Waals surface area contributed by atoms with Gasteiger partial charge in [0.25, 0.3) is 0 Å².